The fourth-order valence-corrected chi connectivity index (χ4v) is 1.94. The van der Waals surface area contributed by atoms with Crippen LogP contribution in [0, 0.1) is 13.8 Å². The normalized spacial score (nSPS) is 11.0. The molecule has 0 fully saturated rings. The molecule has 0 bridgehead atoms. The van der Waals surface area contributed by atoms with Gasteiger partial charge in [0.25, 0.3) is 0 Å². The van der Waals surface area contributed by atoms with Crippen LogP contribution in [0.3, 0.4) is 0 Å². The number of nitrogens with zero attached hydrogens (tertiary/aromatic N) is 1. The van der Waals surface area contributed by atoms with Crippen molar-refractivity contribution in [2.75, 3.05) is 11.9 Å². The topological polar surface area (TPSA) is 96.9 Å². The highest BCUT2D eigenvalue weighted by Gasteiger charge is 2.08. The summed E-state index contributed by atoms with van der Waals surface area (Å²) in [5.74, 6) is -1.03. The molecule has 25 heavy (non-hydrogen) atoms. The number of aryl methyl sites for hydroxylation is 2. The summed E-state index contributed by atoms with van der Waals surface area (Å²) in [6.45, 7) is 7.59. The van der Waals surface area contributed by atoms with Crippen molar-refractivity contribution in [2.45, 2.75) is 47.0 Å². The van der Waals surface area contributed by atoms with Crippen molar-refractivity contribution >= 4 is 29.2 Å². The van der Waals surface area contributed by atoms with Gasteiger partial charge in [-0.05, 0) is 51.0 Å². The molecule has 0 aromatic heterocycles. The Bertz CT molecular complexity index is 668. The van der Waals surface area contributed by atoms with Gasteiger partial charge in [-0.25, -0.2) is 5.43 Å². The Morgan fingerprint density at radius 2 is 1.76 bits per heavy atom. The zero-order chi connectivity index (χ0) is 18.8. The maximum absolute atomic E-state index is 11.9. The van der Waals surface area contributed by atoms with E-state index >= 15 is 0 Å². The van der Waals surface area contributed by atoms with Crippen LogP contribution in [0.5, 0.6) is 0 Å². The Kier molecular flexibility index (Phi) is 8.32. The summed E-state index contributed by atoms with van der Waals surface area (Å²) in [4.78, 5) is 34.8. The molecule has 2 N–H and O–H groups in total. The summed E-state index contributed by atoms with van der Waals surface area (Å²) in [6, 6.07) is 5.64. The minimum Gasteiger partial charge on any atom is -0.466 e. The maximum Gasteiger partial charge on any atom is 0.311 e. The molecule has 0 saturated carbocycles. The molecule has 0 aliphatic heterocycles. The molecule has 0 spiro atoms. The van der Waals surface area contributed by atoms with Crippen molar-refractivity contribution < 1.29 is 19.1 Å². The van der Waals surface area contributed by atoms with Crippen LogP contribution in [0.4, 0.5) is 5.69 Å². The minimum absolute atomic E-state index is 0.00681. The second kappa shape index (κ2) is 10.2. The number of benzene rings is 1. The first-order chi connectivity index (χ1) is 11.8. The molecule has 136 valence electrons. The van der Waals surface area contributed by atoms with Gasteiger partial charge in [-0.1, -0.05) is 6.07 Å². The molecule has 7 nitrogen and oxygen atoms in total. The van der Waals surface area contributed by atoms with Crippen LogP contribution in [0.1, 0.15) is 44.2 Å². The van der Waals surface area contributed by atoms with E-state index < -0.39 is 11.9 Å². The summed E-state index contributed by atoms with van der Waals surface area (Å²) in [5, 5.41) is 6.57. The quantitative estimate of drug-likeness (QED) is 0.429. The Morgan fingerprint density at radius 3 is 2.40 bits per heavy atom. The zero-order valence-electron chi connectivity index (χ0n) is 15.1. The van der Waals surface area contributed by atoms with Crippen LogP contribution in [-0.4, -0.2) is 30.1 Å². The van der Waals surface area contributed by atoms with Crippen molar-refractivity contribution in [2.24, 2.45) is 5.10 Å². The number of anilines is 1. The van der Waals surface area contributed by atoms with Crippen molar-refractivity contribution in [3.8, 4) is 0 Å². The second-order valence-electron chi connectivity index (χ2n) is 5.71. The van der Waals surface area contributed by atoms with Gasteiger partial charge in [0.1, 0.15) is 0 Å². The van der Waals surface area contributed by atoms with Crippen molar-refractivity contribution in [1.29, 1.82) is 0 Å². The molecule has 0 saturated heterocycles. The van der Waals surface area contributed by atoms with Gasteiger partial charge >= 0.3 is 5.97 Å². The van der Waals surface area contributed by atoms with Gasteiger partial charge in [0.05, 0.1) is 13.0 Å². The largest absolute Gasteiger partial charge is 0.466 e. The molecule has 7 heteroatoms. The van der Waals surface area contributed by atoms with Crippen LogP contribution in [0.2, 0.25) is 0 Å². The molecule has 0 aliphatic carbocycles. The molecule has 1 aromatic rings. The molecule has 0 radical (unpaired) electrons. The number of carbonyl (C=O) groups excluding carboxylic acids is 3. The molecule has 2 amide bonds. The summed E-state index contributed by atoms with van der Waals surface area (Å²) in [5.41, 5.74) is 5.70. The van der Waals surface area contributed by atoms with E-state index in [1.54, 1.807) is 13.8 Å². The first-order valence-electron chi connectivity index (χ1n) is 8.16. The molecular weight excluding hydrogens is 322 g/mol. The Labute approximate surface area is 147 Å². The van der Waals surface area contributed by atoms with Crippen LogP contribution >= 0.6 is 0 Å². The van der Waals surface area contributed by atoms with E-state index in [0.717, 1.165) is 11.1 Å². The number of hydrogen-bond donors (Lipinski definition) is 2. The second-order valence-corrected chi connectivity index (χ2v) is 5.71. The molecule has 1 rings (SSSR count). The lowest BCUT2D eigenvalue weighted by Crippen LogP contribution is -2.22. The lowest BCUT2D eigenvalue weighted by molar-refractivity contribution is -0.141. The SMILES string of the molecule is CCOC(=O)CC(C)=NNC(=O)CCC(=O)Nc1ccc(C)c(C)c1. The number of amides is 2. The molecule has 0 heterocycles. The third-order valence-electron chi connectivity index (χ3n) is 3.45. The fraction of sp³-hybridized carbons (Fsp3) is 0.444. The monoisotopic (exact) mass is 347 g/mol. The number of hydrazone groups is 1. The highest BCUT2D eigenvalue weighted by molar-refractivity contribution is 5.98. The average molecular weight is 347 g/mol. The maximum atomic E-state index is 11.9. The molecule has 0 atom stereocenters. The van der Waals surface area contributed by atoms with E-state index in [1.807, 2.05) is 32.0 Å². The Hall–Kier alpha value is -2.70. The van der Waals surface area contributed by atoms with Gasteiger partial charge in [-0.15, -0.1) is 0 Å². The Morgan fingerprint density at radius 1 is 1.08 bits per heavy atom. The minimum atomic E-state index is -0.397. The van der Waals surface area contributed by atoms with Crippen molar-refractivity contribution in [3.63, 3.8) is 0 Å². The van der Waals surface area contributed by atoms with Gasteiger partial charge in [0, 0.05) is 24.2 Å². The van der Waals surface area contributed by atoms with Crippen LogP contribution < -0.4 is 10.7 Å². The molecular formula is C18H25N3O4. The lowest BCUT2D eigenvalue weighted by atomic mass is 10.1. The van der Waals surface area contributed by atoms with Gasteiger partial charge in [-0.2, -0.15) is 5.10 Å². The third-order valence-corrected chi connectivity index (χ3v) is 3.45. The van der Waals surface area contributed by atoms with Crippen LogP contribution in [0.25, 0.3) is 0 Å². The van der Waals surface area contributed by atoms with E-state index in [1.165, 1.54) is 0 Å². The molecule has 1 aromatic carbocycles. The van der Waals surface area contributed by atoms with E-state index in [0.29, 0.717) is 18.0 Å². The predicted molar refractivity (Wildman–Crippen MR) is 96.3 cm³/mol. The highest BCUT2D eigenvalue weighted by atomic mass is 16.5. The summed E-state index contributed by atoms with van der Waals surface area (Å²) in [7, 11) is 0. The summed E-state index contributed by atoms with van der Waals surface area (Å²) >= 11 is 0. The first-order valence-corrected chi connectivity index (χ1v) is 8.16. The van der Waals surface area contributed by atoms with Crippen molar-refractivity contribution in [1.82, 2.24) is 5.43 Å². The number of carbonyl (C=O) groups is 3. The summed E-state index contributed by atoms with van der Waals surface area (Å²) in [6.07, 6.45) is 0.0689. The third kappa shape index (κ3) is 8.10. The summed E-state index contributed by atoms with van der Waals surface area (Å²) < 4.78 is 4.79. The Balaban J connectivity index is 2.36. The standard InChI is InChI=1S/C18H25N3O4/c1-5-25-18(24)11-14(4)20-21-17(23)9-8-16(22)19-15-7-6-12(2)13(3)10-15/h6-7,10H,5,8-9,11H2,1-4H3,(H,19,22)(H,21,23). The van der Waals surface area contributed by atoms with E-state index in [9.17, 15) is 14.4 Å². The average Bonchev–Trinajstić information content (AvgIpc) is 2.54. The van der Waals surface area contributed by atoms with Crippen LogP contribution in [0.15, 0.2) is 23.3 Å². The zero-order valence-corrected chi connectivity index (χ0v) is 15.1. The lowest BCUT2D eigenvalue weighted by Gasteiger charge is -2.07. The number of hydrogen-bond acceptors (Lipinski definition) is 5. The van der Waals surface area contributed by atoms with Crippen LogP contribution in [-0.2, 0) is 19.1 Å². The number of rotatable bonds is 8. The number of ether oxygens (including phenoxy) is 1. The van der Waals surface area contributed by atoms with Crippen molar-refractivity contribution in [3.05, 3.63) is 29.3 Å². The van der Waals surface area contributed by atoms with Gasteiger partial charge in [0.2, 0.25) is 11.8 Å². The van der Waals surface area contributed by atoms with Gasteiger partial charge in [-0.3, -0.25) is 14.4 Å². The van der Waals surface area contributed by atoms with E-state index in [-0.39, 0.29) is 25.2 Å². The highest BCUT2D eigenvalue weighted by Crippen LogP contribution is 2.14. The number of nitrogens with one attached hydrogen (secondary N) is 2. The number of esters is 1. The predicted octanol–water partition coefficient (Wildman–Crippen LogP) is 2.47. The van der Waals surface area contributed by atoms with E-state index in [4.69, 9.17) is 4.74 Å². The van der Waals surface area contributed by atoms with Gasteiger partial charge in [0.15, 0.2) is 0 Å². The molecule has 0 aliphatic rings. The smallest absolute Gasteiger partial charge is 0.311 e. The first kappa shape index (κ1) is 20.3. The fourth-order valence-electron chi connectivity index (χ4n) is 1.94. The van der Waals surface area contributed by atoms with Gasteiger partial charge < -0.3 is 10.1 Å². The van der Waals surface area contributed by atoms with E-state index in [2.05, 4.69) is 15.8 Å². The molecule has 0 unspecified atom stereocenters.